The van der Waals surface area contributed by atoms with Gasteiger partial charge in [-0.3, -0.25) is 0 Å². The van der Waals surface area contributed by atoms with Gasteiger partial charge in [0.2, 0.25) is 6.79 Å². The Morgan fingerprint density at radius 3 is 2.81 bits per heavy atom. The maximum atomic E-state index is 13.0. The van der Waals surface area contributed by atoms with Crippen LogP contribution in [0.25, 0.3) is 5.57 Å². The molecule has 2 aromatic heterocycles. The van der Waals surface area contributed by atoms with Crippen molar-refractivity contribution in [1.82, 2.24) is 5.16 Å². The van der Waals surface area contributed by atoms with Gasteiger partial charge in [0.15, 0.2) is 11.5 Å². The van der Waals surface area contributed by atoms with Crippen molar-refractivity contribution in [3.63, 3.8) is 0 Å². The molecule has 0 amide bonds. The highest BCUT2D eigenvalue weighted by Crippen LogP contribution is 2.37. The van der Waals surface area contributed by atoms with Crippen molar-refractivity contribution in [2.45, 2.75) is 18.2 Å². The number of hydrogen-bond donors (Lipinski definition) is 2. The monoisotopic (exact) mass is 482 g/mol. The number of sulfonamides is 1. The van der Waals surface area contributed by atoms with E-state index in [1.165, 1.54) is 6.07 Å². The van der Waals surface area contributed by atoms with Gasteiger partial charge in [-0.05, 0) is 48.1 Å². The van der Waals surface area contributed by atoms with Crippen LogP contribution in [0, 0.1) is 6.92 Å². The zero-order chi connectivity index (χ0) is 22.2. The molecule has 31 heavy (non-hydrogen) atoms. The summed E-state index contributed by atoms with van der Waals surface area (Å²) < 4.78 is 43.8. The van der Waals surface area contributed by atoms with Crippen LogP contribution in [-0.2, 0) is 21.2 Å². The molecule has 1 aliphatic heterocycles. The molecule has 0 aliphatic carbocycles. The average Bonchev–Trinajstić information content (AvgIpc) is 3.44. The smallest absolute Gasteiger partial charge is 0.328 e. The third-order valence-corrected chi connectivity index (χ3v) is 7.30. The number of rotatable bonds is 7. The molecule has 2 N–H and O–H groups in total. The second-order valence-corrected chi connectivity index (χ2v) is 9.45. The summed E-state index contributed by atoms with van der Waals surface area (Å²) in [6, 6.07) is 6.60. The van der Waals surface area contributed by atoms with Crippen molar-refractivity contribution in [1.29, 1.82) is 0 Å². The van der Waals surface area contributed by atoms with Crippen LogP contribution in [-0.4, -0.2) is 31.4 Å². The molecule has 0 saturated carbocycles. The minimum absolute atomic E-state index is 0.0435. The number of anilines is 1. The molecular weight excluding hydrogens is 468 g/mol. The van der Waals surface area contributed by atoms with E-state index in [1.54, 1.807) is 30.5 Å². The number of thiophene rings is 1. The average molecular weight is 483 g/mol. The largest absolute Gasteiger partial charge is 0.478 e. The van der Waals surface area contributed by atoms with E-state index in [0.717, 1.165) is 23.0 Å². The molecule has 0 unspecified atom stereocenters. The van der Waals surface area contributed by atoms with Crippen molar-refractivity contribution >= 4 is 50.4 Å². The van der Waals surface area contributed by atoms with Gasteiger partial charge in [0.25, 0.3) is 15.9 Å². The molecule has 0 bridgehead atoms. The van der Waals surface area contributed by atoms with E-state index in [0.29, 0.717) is 22.8 Å². The van der Waals surface area contributed by atoms with Gasteiger partial charge in [-0.15, -0.1) is 11.3 Å². The van der Waals surface area contributed by atoms with Gasteiger partial charge in [-0.1, -0.05) is 22.8 Å². The summed E-state index contributed by atoms with van der Waals surface area (Å²) in [5.41, 5.74) is 1.37. The maximum Gasteiger partial charge on any atom is 0.328 e. The van der Waals surface area contributed by atoms with E-state index >= 15 is 0 Å². The number of hydrogen-bond acceptors (Lipinski definition) is 8. The molecule has 3 heterocycles. The minimum atomic E-state index is -4.13. The third kappa shape index (κ3) is 4.38. The van der Waals surface area contributed by atoms with E-state index in [4.69, 9.17) is 25.6 Å². The van der Waals surface area contributed by atoms with Gasteiger partial charge in [0, 0.05) is 6.08 Å². The van der Waals surface area contributed by atoms with Gasteiger partial charge < -0.3 is 19.1 Å². The summed E-state index contributed by atoms with van der Waals surface area (Å²) in [4.78, 5) is 11.6. The van der Waals surface area contributed by atoms with Gasteiger partial charge in [-0.2, -0.15) is 0 Å². The van der Waals surface area contributed by atoms with Crippen LogP contribution in [0.3, 0.4) is 0 Å². The fourth-order valence-electron chi connectivity index (χ4n) is 2.96. The lowest BCUT2D eigenvalue weighted by atomic mass is 10.0. The molecule has 0 saturated heterocycles. The van der Waals surface area contributed by atoms with E-state index in [1.807, 2.05) is 0 Å². The summed E-state index contributed by atoms with van der Waals surface area (Å²) in [6.45, 7) is 1.68. The van der Waals surface area contributed by atoms with Crippen LogP contribution < -0.4 is 14.2 Å². The molecule has 3 aromatic rings. The molecule has 4 rings (SSSR count). The first kappa shape index (κ1) is 21.2. The van der Waals surface area contributed by atoms with Crippen molar-refractivity contribution in [2.75, 3.05) is 11.5 Å². The maximum absolute atomic E-state index is 13.0. The summed E-state index contributed by atoms with van der Waals surface area (Å²) in [6.07, 6.45) is 1.15. The number of aliphatic carboxylic acids is 1. The normalized spacial score (nSPS) is 13.4. The molecule has 0 atom stereocenters. The molecular formula is C19H15ClN2O7S2. The Balaban J connectivity index is 1.69. The van der Waals surface area contributed by atoms with E-state index in [-0.39, 0.29) is 33.9 Å². The number of nitrogens with zero attached hydrogens (tertiary/aromatic N) is 1. The topological polar surface area (TPSA) is 128 Å². The van der Waals surface area contributed by atoms with Gasteiger partial charge >= 0.3 is 5.97 Å². The van der Waals surface area contributed by atoms with E-state index < -0.39 is 16.0 Å². The first-order valence-corrected chi connectivity index (χ1v) is 11.5. The number of nitrogens with one attached hydrogen (secondary N) is 1. The predicted octanol–water partition coefficient (Wildman–Crippen LogP) is 3.94. The van der Waals surface area contributed by atoms with E-state index in [2.05, 4.69) is 9.88 Å². The summed E-state index contributed by atoms with van der Waals surface area (Å²) in [5.74, 6) is -0.274. The number of carboxylic acid groups (broad SMARTS) is 1. The van der Waals surface area contributed by atoms with E-state index in [9.17, 15) is 18.3 Å². The first-order chi connectivity index (χ1) is 14.7. The van der Waals surface area contributed by atoms with Crippen molar-refractivity contribution in [3.05, 3.63) is 56.9 Å². The standard InChI is InChI=1S/C19H15ClN2O7S2/c1-10-17(20)19(29-21-10)22-31(25,26)15-4-5-30-18(15)12(8-16(23)24)6-11-2-3-13-14(7-11)28-9-27-13/h2-5,7-8,22H,6,9H2,1H3,(H,23,24). The zero-order valence-electron chi connectivity index (χ0n) is 15.9. The van der Waals surface area contributed by atoms with Crippen LogP contribution in [0.5, 0.6) is 11.5 Å². The van der Waals surface area contributed by atoms with Crippen molar-refractivity contribution < 1.29 is 32.3 Å². The number of fused-ring (bicyclic) bond motifs is 1. The number of aryl methyl sites for hydroxylation is 1. The first-order valence-electron chi connectivity index (χ1n) is 8.79. The summed E-state index contributed by atoms with van der Waals surface area (Å²) in [7, 11) is -4.13. The second-order valence-electron chi connectivity index (χ2n) is 6.50. The predicted molar refractivity (Wildman–Crippen MR) is 113 cm³/mol. The highest BCUT2D eigenvalue weighted by atomic mass is 35.5. The molecule has 1 aliphatic rings. The van der Waals surface area contributed by atoms with Crippen LogP contribution in [0.1, 0.15) is 16.1 Å². The van der Waals surface area contributed by atoms with Crippen LogP contribution >= 0.6 is 22.9 Å². The minimum Gasteiger partial charge on any atom is -0.478 e. The molecule has 9 nitrogen and oxygen atoms in total. The lowest BCUT2D eigenvalue weighted by Crippen LogP contribution is -2.14. The number of benzene rings is 1. The van der Waals surface area contributed by atoms with Crippen molar-refractivity contribution in [2.24, 2.45) is 0 Å². The highest BCUT2D eigenvalue weighted by molar-refractivity contribution is 7.93. The van der Waals surface area contributed by atoms with Crippen LogP contribution in [0.4, 0.5) is 5.88 Å². The van der Waals surface area contributed by atoms with Crippen LogP contribution in [0.15, 0.2) is 45.1 Å². The van der Waals surface area contributed by atoms with Gasteiger partial charge in [0.05, 0.1) is 4.88 Å². The highest BCUT2D eigenvalue weighted by Gasteiger charge is 2.26. The SMILES string of the molecule is Cc1noc(NS(=O)(=O)c2ccsc2C(=CC(=O)O)Cc2ccc3c(c2)OCO3)c1Cl. The molecule has 12 heteroatoms. The number of ether oxygens (including phenoxy) is 2. The fraction of sp³-hybridized carbons (Fsp3) is 0.158. The van der Waals surface area contributed by atoms with Gasteiger partial charge in [0.1, 0.15) is 15.6 Å². The Morgan fingerprint density at radius 2 is 2.10 bits per heavy atom. The molecule has 0 fully saturated rings. The Labute approximate surface area is 185 Å². The number of halogens is 1. The Hall–Kier alpha value is -3.02. The Kier molecular flexibility index (Phi) is 5.65. The van der Waals surface area contributed by atoms with Crippen LogP contribution in [0.2, 0.25) is 5.02 Å². The number of carboxylic acids is 1. The third-order valence-electron chi connectivity index (χ3n) is 4.36. The molecule has 0 spiro atoms. The molecule has 1 aromatic carbocycles. The zero-order valence-corrected chi connectivity index (χ0v) is 18.3. The number of allylic oxidation sites excluding steroid dienone is 1. The Bertz CT molecular complexity index is 1290. The number of aromatic nitrogens is 1. The lowest BCUT2D eigenvalue weighted by molar-refractivity contribution is -0.131. The molecule has 162 valence electrons. The fourth-order valence-corrected chi connectivity index (χ4v) is 5.61. The van der Waals surface area contributed by atoms with Crippen molar-refractivity contribution in [3.8, 4) is 11.5 Å². The lowest BCUT2D eigenvalue weighted by Gasteiger charge is -2.10. The second kappa shape index (κ2) is 8.25. The summed E-state index contributed by atoms with van der Waals surface area (Å²) in [5, 5.41) is 14.6. The Morgan fingerprint density at radius 1 is 1.32 bits per heavy atom. The molecule has 0 radical (unpaired) electrons. The van der Waals surface area contributed by atoms with Gasteiger partial charge in [-0.25, -0.2) is 17.9 Å². The quantitative estimate of drug-likeness (QED) is 0.484. The summed E-state index contributed by atoms with van der Waals surface area (Å²) >= 11 is 7.11. The number of carbonyl (C=O) groups is 1.